The van der Waals surface area contributed by atoms with Crippen molar-refractivity contribution >= 4 is 28.7 Å². The van der Waals surface area contributed by atoms with Crippen molar-refractivity contribution in [3.63, 3.8) is 0 Å². The smallest absolute Gasteiger partial charge is 0.273 e. The van der Waals surface area contributed by atoms with Gasteiger partial charge in [-0.05, 0) is 24.6 Å². The summed E-state index contributed by atoms with van der Waals surface area (Å²) in [5, 5.41) is 16.2. The van der Waals surface area contributed by atoms with Crippen LogP contribution in [0.2, 0.25) is 0 Å². The van der Waals surface area contributed by atoms with Crippen LogP contribution in [0.3, 0.4) is 0 Å². The molecule has 0 unspecified atom stereocenters. The maximum Gasteiger partial charge on any atom is 0.273 e. The number of hydrazone groups is 1. The molecule has 1 aromatic heterocycles. The van der Waals surface area contributed by atoms with Gasteiger partial charge >= 0.3 is 0 Å². The number of rotatable bonds is 6. The van der Waals surface area contributed by atoms with Crippen LogP contribution in [0.1, 0.15) is 27.0 Å². The number of aromatic nitrogens is 1. The molecule has 7 nitrogen and oxygen atoms in total. The Labute approximate surface area is 178 Å². The number of nitrogens with one attached hydrogen (secondary N) is 1. The molecule has 3 aromatic carbocycles. The molecule has 0 radical (unpaired) electrons. The van der Waals surface area contributed by atoms with Crippen LogP contribution in [-0.4, -0.2) is 21.6 Å². The monoisotopic (exact) mass is 412 g/mol. The molecule has 4 aromatic rings. The fraction of sp³-hybridized carbons (Fsp3) is 0.0833. The second kappa shape index (κ2) is 8.62. The zero-order chi connectivity index (χ0) is 21.8. The van der Waals surface area contributed by atoms with Crippen LogP contribution in [-0.2, 0) is 6.54 Å². The van der Waals surface area contributed by atoms with Crippen molar-refractivity contribution < 1.29 is 9.72 Å². The fourth-order valence-corrected chi connectivity index (χ4v) is 3.46. The number of nitrogens with zero attached hydrogens (tertiary/aromatic N) is 3. The number of nitro benzene ring substituents is 1. The van der Waals surface area contributed by atoms with Crippen molar-refractivity contribution in [1.29, 1.82) is 0 Å². The SMILES string of the molecule is Cc1ccc(C(=O)NN=Cc2cn(Cc3ccccc3)c3ccccc23)cc1[N+](=O)[O-]. The lowest BCUT2D eigenvalue weighted by Crippen LogP contribution is -2.17. The normalized spacial score (nSPS) is 11.1. The first-order valence-corrected chi connectivity index (χ1v) is 9.73. The summed E-state index contributed by atoms with van der Waals surface area (Å²) in [5.74, 6) is -0.507. The predicted octanol–water partition coefficient (Wildman–Crippen LogP) is 4.67. The molecule has 1 amide bonds. The molecule has 0 saturated heterocycles. The van der Waals surface area contributed by atoms with Crippen LogP contribution >= 0.6 is 0 Å². The summed E-state index contributed by atoms with van der Waals surface area (Å²) < 4.78 is 2.14. The largest absolute Gasteiger partial charge is 0.342 e. The van der Waals surface area contributed by atoms with Crippen LogP contribution < -0.4 is 5.43 Å². The summed E-state index contributed by atoms with van der Waals surface area (Å²) in [7, 11) is 0. The standard InChI is InChI=1S/C24H20N4O3/c1-17-11-12-19(13-23(17)28(30)31)24(29)26-25-14-20-16-27(15-18-7-3-2-4-8-18)22-10-6-5-9-21(20)22/h2-14,16H,15H2,1H3,(H,26,29). The van der Waals surface area contributed by atoms with Crippen molar-refractivity contribution in [3.05, 3.63) is 111 Å². The van der Waals surface area contributed by atoms with Gasteiger partial charge in [0.15, 0.2) is 0 Å². The Hall–Kier alpha value is -4.26. The maximum absolute atomic E-state index is 12.4. The van der Waals surface area contributed by atoms with Crippen LogP contribution in [0.5, 0.6) is 0 Å². The Morgan fingerprint density at radius 3 is 2.61 bits per heavy atom. The molecule has 0 bridgehead atoms. The Kier molecular flexibility index (Phi) is 5.57. The lowest BCUT2D eigenvalue weighted by Gasteiger charge is -2.05. The van der Waals surface area contributed by atoms with Gasteiger partial charge in [0.1, 0.15) is 0 Å². The number of fused-ring (bicyclic) bond motifs is 1. The molecule has 0 atom stereocenters. The van der Waals surface area contributed by atoms with E-state index < -0.39 is 10.8 Å². The highest BCUT2D eigenvalue weighted by Gasteiger charge is 2.14. The number of benzene rings is 3. The summed E-state index contributed by atoms with van der Waals surface area (Å²) in [6.07, 6.45) is 3.58. The third-order valence-electron chi connectivity index (χ3n) is 5.05. The van der Waals surface area contributed by atoms with Gasteiger partial charge in [0.2, 0.25) is 0 Å². The molecule has 0 aliphatic heterocycles. The van der Waals surface area contributed by atoms with Gasteiger partial charge in [-0.15, -0.1) is 0 Å². The molecule has 154 valence electrons. The summed E-state index contributed by atoms with van der Waals surface area (Å²) >= 11 is 0. The lowest BCUT2D eigenvalue weighted by atomic mass is 10.1. The minimum atomic E-state index is -0.507. The first kappa shape index (κ1) is 20.0. The van der Waals surface area contributed by atoms with Crippen molar-refractivity contribution in [2.24, 2.45) is 5.10 Å². The van der Waals surface area contributed by atoms with E-state index in [1.54, 1.807) is 25.3 Å². The number of amides is 1. The molecule has 4 rings (SSSR count). The minimum Gasteiger partial charge on any atom is -0.342 e. The van der Waals surface area contributed by atoms with Gasteiger partial charge < -0.3 is 4.57 Å². The quantitative estimate of drug-likeness (QED) is 0.283. The minimum absolute atomic E-state index is 0.0967. The molecule has 1 heterocycles. The van der Waals surface area contributed by atoms with Gasteiger partial charge in [0, 0.05) is 46.4 Å². The molecule has 0 spiro atoms. The third-order valence-corrected chi connectivity index (χ3v) is 5.05. The van der Waals surface area contributed by atoms with Crippen LogP contribution in [0, 0.1) is 17.0 Å². The van der Waals surface area contributed by atoms with Crippen molar-refractivity contribution in [2.45, 2.75) is 13.5 Å². The highest BCUT2D eigenvalue weighted by molar-refractivity contribution is 6.00. The van der Waals surface area contributed by atoms with E-state index in [9.17, 15) is 14.9 Å². The molecule has 0 aliphatic carbocycles. The predicted molar refractivity (Wildman–Crippen MR) is 120 cm³/mol. The van der Waals surface area contributed by atoms with Gasteiger partial charge in [-0.1, -0.05) is 54.6 Å². The topological polar surface area (TPSA) is 89.5 Å². The van der Waals surface area contributed by atoms with E-state index in [1.807, 2.05) is 48.7 Å². The molecule has 0 saturated carbocycles. The summed E-state index contributed by atoms with van der Waals surface area (Å²) in [5.41, 5.74) is 6.14. The van der Waals surface area contributed by atoms with Crippen molar-refractivity contribution in [1.82, 2.24) is 9.99 Å². The van der Waals surface area contributed by atoms with Crippen LogP contribution in [0.15, 0.2) is 84.1 Å². The third kappa shape index (κ3) is 4.35. The zero-order valence-corrected chi connectivity index (χ0v) is 16.9. The van der Waals surface area contributed by atoms with Gasteiger partial charge in [0.25, 0.3) is 11.6 Å². The first-order valence-electron chi connectivity index (χ1n) is 9.73. The summed E-state index contributed by atoms with van der Waals surface area (Å²) in [4.78, 5) is 23.0. The Bertz CT molecular complexity index is 1290. The lowest BCUT2D eigenvalue weighted by molar-refractivity contribution is -0.385. The molecule has 7 heteroatoms. The number of carbonyl (C=O) groups is 1. The van der Waals surface area contributed by atoms with E-state index in [-0.39, 0.29) is 11.3 Å². The summed E-state index contributed by atoms with van der Waals surface area (Å²) in [6.45, 7) is 2.35. The molecule has 0 aliphatic rings. The average Bonchev–Trinajstić information content (AvgIpc) is 3.12. The Balaban J connectivity index is 1.55. The average molecular weight is 412 g/mol. The van der Waals surface area contributed by atoms with E-state index in [0.717, 1.165) is 16.5 Å². The fourth-order valence-electron chi connectivity index (χ4n) is 3.46. The van der Waals surface area contributed by atoms with E-state index in [4.69, 9.17) is 0 Å². The van der Waals surface area contributed by atoms with Gasteiger partial charge in [-0.2, -0.15) is 5.10 Å². The van der Waals surface area contributed by atoms with E-state index in [0.29, 0.717) is 12.1 Å². The molecule has 0 fully saturated rings. The van der Waals surface area contributed by atoms with Crippen LogP contribution in [0.25, 0.3) is 10.9 Å². The maximum atomic E-state index is 12.4. The molecular weight excluding hydrogens is 392 g/mol. The van der Waals surface area contributed by atoms with Gasteiger partial charge in [0.05, 0.1) is 11.1 Å². The number of aryl methyl sites for hydroxylation is 1. The molecule has 1 N–H and O–H groups in total. The van der Waals surface area contributed by atoms with E-state index in [1.165, 1.54) is 11.6 Å². The number of para-hydroxylation sites is 1. The van der Waals surface area contributed by atoms with Gasteiger partial charge in [-0.25, -0.2) is 5.43 Å². The summed E-state index contributed by atoms with van der Waals surface area (Å²) in [6, 6.07) is 22.5. The number of hydrogen-bond donors (Lipinski definition) is 1. The van der Waals surface area contributed by atoms with Crippen molar-refractivity contribution in [2.75, 3.05) is 0 Å². The van der Waals surface area contributed by atoms with E-state index in [2.05, 4.69) is 27.2 Å². The van der Waals surface area contributed by atoms with Crippen LogP contribution in [0.4, 0.5) is 5.69 Å². The molecule has 31 heavy (non-hydrogen) atoms. The number of carbonyl (C=O) groups excluding carboxylic acids is 1. The molecular formula is C24H20N4O3. The Morgan fingerprint density at radius 2 is 1.84 bits per heavy atom. The number of hydrogen-bond acceptors (Lipinski definition) is 4. The first-order chi connectivity index (χ1) is 15.0. The van der Waals surface area contributed by atoms with Gasteiger partial charge in [-0.3, -0.25) is 14.9 Å². The second-order valence-electron chi connectivity index (χ2n) is 7.17. The zero-order valence-electron chi connectivity index (χ0n) is 16.9. The highest BCUT2D eigenvalue weighted by atomic mass is 16.6. The van der Waals surface area contributed by atoms with Crippen molar-refractivity contribution in [3.8, 4) is 0 Å². The highest BCUT2D eigenvalue weighted by Crippen LogP contribution is 2.22. The van der Waals surface area contributed by atoms with E-state index >= 15 is 0 Å². The second-order valence-corrected chi connectivity index (χ2v) is 7.17. The Morgan fingerprint density at radius 1 is 1.10 bits per heavy atom. The number of nitro groups is 1.